The number of benzene rings is 1. The molecule has 2 fully saturated rings. The predicted molar refractivity (Wildman–Crippen MR) is 113 cm³/mol. The van der Waals surface area contributed by atoms with Crippen molar-refractivity contribution < 1.29 is 14.4 Å². The second kappa shape index (κ2) is 7.68. The largest absolute Gasteiger partial charge is 0.324 e. The molecule has 1 aromatic carbocycles. The monoisotopic (exact) mass is 432 g/mol. The molecule has 7 nitrogen and oxygen atoms in total. The highest BCUT2D eigenvalue weighted by molar-refractivity contribution is 7.08. The standard InChI is InChI=1S/C20H21ClN4O3S/c1-14(26)25-10-18(27)24(17-6-9-29-11-17)13-20(25)7-8-23(12-20)19(28)22-16-4-2-15(21)3-5-16/h2-6,9,11H,7-8,10,12-13H2,1H3,(H,22,28). The summed E-state index contributed by atoms with van der Waals surface area (Å²) in [6.45, 7) is 2.77. The minimum atomic E-state index is -0.584. The normalized spacial score (nSPS) is 21.7. The summed E-state index contributed by atoms with van der Waals surface area (Å²) >= 11 is 7.42. The Balaban J connectivity index is 1.53. The van der Waals surface area contributed by atoms with Crippen LogP contribution in [0.5, 0.6) is 0 Å². The van der Waals surface area contributed by atoms with Gasteiger partial charge in [-0.3, -0.25) is 9.59 Å². The molecule has 4 rings (SSSR count). The SMILES string of the molecule is CC(=O)N1CC(=O)N(c2ccsc2)CC12CCN(C(=O)Nc1ccc(Cl)cc1)C2. The maximum absolute atomic E-state index is 12.8. The number of rotatable bonds is 2. The summed E-state index contributed by atoms with van der Waals surface area (Å²) in [5.74, 6) is -0.253. The van der Waals surface area contributed by atoms with Crippen LogP contribution < -0.4 is 10.2 Å². The minimum Gasteiger partial charge on any atom is -0.324 e. The second-order valence-corrected chi connectivity index (χ2v) is 8.62. The molecule has 1 atom stereocenters. The number of piperazine rings is 1. The average Bonchev–Trinajstić information content (AvgIpc) is 3.36. The van der Waals surface area contributed by atoms with Crippen LogP contribution in [-0.2, 0) is 9.59 Å². The van der Waals surface area contributed by atoms with Crippen molar-refractivity contribution in [3.05, 3.63) is 46.1 Å². The van der Waals surface area contributed by atoms with Gasteiger partial charge in [-0.2, -0.15) is 11.3 Å². The van der Waals surface area contributed by atoms with Crippen LogP contribution in [0.2, 0.25) is 5.02 Å². The molecular formula is C20H21ClN4O3S. The van der Waals surface area contributed by atoms with Gasteiger partial charge in [0.2, 0.25) is 11.8 Å². The maximum Gasteiger partial charge on any atom is 0.321 e. The van der Waals surface area contributed by atoms with Crippen molar-refractivity contribution in [1.29, 1.82) is 0 Å². The molecule has 1 N–H and O–H groups in total. The molecular weight excluding hydrogens is 412 g/mol. The Hall–Kier alpha value is -2.58. The summed E-state index contributed by atoms with van der Waals surface area (Å²) in [5.41, 5.74) is 0.910. The van der Waals surface area contributed by atoms with Gasteiger partial charge in [-0.1, -0.05) is 11.6 Å². The van der Waals surface area contributed by atoms with Gasteiger partial charge in [0.1, 0.15) is 6.54 Å². The zero-order valence-electron chi connectivity index (χ0n) is 15.9. The molecule has 2 aliphatic heterocycles. The molecule has 9 heteroatoms. The van der Waals surface area contributed by atoms with E-state index < -0.39 is 5.54 Å². The van der Waals surface area contributed by atoms with E-state index >= 15 is 0 Å². The van der Waals surface area contributed by atoms with Crippen molar-refractivity contribution in [3.8, 4) is 0 Å². The molecule has 1 aromatic heterocycles. The summed E-state index contributed by atoms with van der Waals surface area (Å²) < 4.78 is 0. The fraction of sp³-hybridized carbons (Fsp3) is 0.350. The van der Waals surface area contributed by atoms with Crippen LogP contribution in [0.3, 0.4) is 0 Å². The molecule has 1 spiro atoms. The number of halogens is 1. The van der Waals surface area contributed by atoms with E-state index in [1.54, 1.807) is 39.0 Å². The number of hydrogen-bond donors (Lipinski definition) is 1. The highest BCUT2D eigenvalue weighted by Crippen LogP contribution is 2.35. The lowest BCUT2D eigenvalue weighted by molar-refractivity contribution is -0.142. The second-order valence-electron chi connectivity index (χ2n) is 7.40. The van der Waals surface area contributed by atoms with Crippen LogP contribution >= 0.6 is 22.9 Å². The Kier molecular flexibility index (Phi) is 5.23. The third-order valence-electron chi connectivity index (χ3n) is 5.53. The van der Waals surface area contributed by atoms with Crippen LogP contribution in [0, 0.1) is 0 Å². The summed E-state index contributed by atoms with van der Waals surface area (Å²) in [4.78, 5) is 42.8. The van der Waals surface area contributed by atoms with E-state index in [4.69, 9.17) is 11.6 Å². The van der Waals surface area contributed by atoms with Crippen LogP contribution in [0.4, 0.5) is 16.2 Å². The summed E-state index contributed by atoms with van der Waals surface area (Å²) in [7, 11) is 0. The summed E-state index contributed by atoms with van der Waals surface area (Å²) in [6, 6.07) is 8.58. The first-order valence-electron chi connectivity index (χ1n) is 9.30. The van der Waals surface area contributed by atoms with Gasteiger partial charge in [0.05, 0.1) is 17.8 Å². The van der Waals surface area contributed by atoms with E-state index in [1.807, 2.05) is 16.8 Å². The molecule has 2 saturated heterocycles. The van der Waals surface area contributed by atoms with Gasteiger partial charge in [-0.15, -0.1) is 0 Å². The van der Waals surface area contributed by atoms with E-state index in [9.17, 15) is 14.4 Å². The zero-order valence-corrected chi connectivity index (χ0v) is 17.5. The number of likely N-dealkylation sites (tertiary alicyclic amines) is 1. The van der Waals surface area contributed by atoms with E-state index in [-0.39, 0.29) is 24.4 Å². The first kappa shape index (κ1) is 19.7. The van der Waals surface area contributed by atoms with Gasteiger partial charge in [0.25, 0.3) is 0 Å². The number of nitrogens with one attached hydrogen (secondary N) is 1. The minimum absolute atomic E-state index is 0.0256. The number of nitrogens with zero attached hydrogens (tertiary/aromatic N) is 3. The molecule has 2 aliphatic rings. The number of hydrogen-bond acceptors (Lipinski definition) is 4. The van der Waals surface area contributed by atoms with Crippen molar-refractivity contribution in [2.75, 3.05) is 36.4 Å². The smallest absolute Gasteiger partial charge is 0.321 e. The quantitative estimate of drug-likeness (QED) is 0.791. The van der Waals surface area contributed by atoms with E-state index in [2.05, 4.69) is 5.32 Å². The molecule has 1 unspecified atom stereocenters. The van der Waals surface area contributed by atoms with Crippen LogP contribution in [0.15, 0.2) is 41.1 Å². The average molecular weight is 433 g/mol. The lowest BCUT2D eigenvalue weighted by atomic mass is 9.92. The Morgan fingerprint density at radius 3 is 2.59 bits per heavy atom. The fourth-order valence-corrected chi connectivity index (χ4v) is 4.83. The van der Waals surface area contributed by atoms with Gasteiger partial charge in [0, 0.05) is 36.1 Å². The van der Waals surface area contributed by atoms with E-state index in [1.165, 1.54) is 18.3 Å². The Morgan fingerprint density at radius 2 is 1.93 bits per heavy atom. The Labute approximate surface area is 177 Å². The fourth-order valence-electron chi connectivity index (χ4n) is 4.06. The number of urea groups is 1. The first-order valence-corrected chi connectivity index (χ1v) is 10.6. The Bertz CT molecular complexity index is 934. The number of carbonyl (C=O) groups excluding carboxylic acids is 3. The van der Waals surface area contributed by atoms with Crippen LogP contribution in [0.1, 0.15) is 13.3 Å². The molecule has 0 saturated carbocycles. The molecule has 152 valence electrons. The highest BCUT2D eigenvalue weighted by atomic mass is 35.5. The predicted octanol–water partition coefficient (Wildman–Crippen LogP) is 3.27. The molecule has 2 aromatic rings. The Morgan fingerprint density at radius 1 is 1.17 bits per heavy atom. The molecule has 0 bridgehead atoms. The summed E-state index contributed by atoms with van der Waals surface area (Å²) in [6.07, 6.45) is 0.620. The number of anilines is 2. The third-order valence-corrected chi connectivity index (χ3v) is 6.46. The van der Waals surface area contributed by atoms with E-state index in [0.717, 1.165) is 5.69 Å². The van der Waals surface area contributed by atoms with Gasteiger partial charge >= 0.3 is 6.03 Å². The van der Waals surface area contributed by atoms with Gasteiger partial charge < -0.3 is 20.0 Å². The third kappa shape index (κ3) is 3.82. The van der Waals surface area contributed by atoms with Gasteiger partial charge in [-0.05, 0) is 42.1 Å². The van der Waals surface area contributed by atoms with Crippen molar-refractivity contribution in [2.45, 2.75) is 18.9 Å². The van der Waals surface area contributed by atoms with Gasteiger partial charge in [0.15, 0.2) is 0 Å². The number of carbonyl (C=O) groups is 3. The van der Waals surface area contributed by atoms with E-state index in [0.29, 0.717) is 36.8 Å². The molecule has 3 heterocycles. The number of thiophene rings is 1. The van der Waals surface area contributed by atoms with Crippen LogP contribution in [-0.4, -0.2) is 59.4 Å². The number of amides is 4. The van der Waals surface area contributed by atoms with Crippen molar-refractivity contribution in [2.24, 2.45) is 0 Å². The topological polar surface area (TPSA) is 73.0 Å². The molecule has 0 aliphatic carbocycles. The maximum atomic E-state index is 12.8. The molecule has 0 radical (unpaired) electrons. The van der Waals surface area contributed by atoms with Crippen molar-refractivity contribution in [1.82, 2.24) is 9.80 Å². The van der Waals surface area contributed by atoms with Crippen molar-refractivity contribution in [3.63, 3.8) is 0 Å². The van der Waals surface area contributed by atoms with Crippen molar-refractivity contribution >= 4 is 52.2 Å². The highest BCUT2D eigenvalue weighted by Gasteiger charge is 2.51. The first-order chi connectivity index (χ1) is 13.9. The molecule has 4 amide bonds. The summed E-state index contributed by atoms with van der Waals surface area (Å²) in [5, 5.41) is 7.32. The van der Waals surface area contributed by atoms with Crippen LogP contribution in [0.25, 0.3) is 0 Å². The molecule has 29 heavy (non-hydrogen) atoms. The lowest BCUT2D eigenvalue weighted by Crippen LogP contribution is -2.67. The lowest BCUT2D eigenvalue weighted by Gasteiger charge is -2.47. The van der Waals surface area contributed by atoms with Gasteiger partial charge in [-0.25, -0.2) is 4.79 Å². The zero-order chi connectivity index (χ0) is 20.6.